The quantitative estimate of drug-likeness (QED) is 0.107. The van der Waals surface area contributed by atoms with Gasteiger partial charge in [-0.05, 0) is 31.3 Å². The van der Waals surface area contributed by atoms with E-state index in [9.17, 15) is 19.8 Å². The number of benzene rings is 1. The largest absolute Gasteiger partial charge is 0.507 e. The summed E-state index contributed by atoms with van der Waals surface area (Å²) in [6.45, 7) is 2.19. The fourth-order valence-electron chi connectivity index (χ4n) is 3.13. The van der Waals surface area contributed by atoms with Gasteiger partial charge in [-0.3, -0.25) is 14.5 Å². The van der Waals surface area contributed by atoms with E-state index in [1.807, 2.05) is 4.90 Å². The van der Waals surface area contributed by atoms with Crippen LogP contribution in [0.25, 0.3) is 0 Å². The van der Waals surface area contributed by atoms with Crippen LogP contribution in [0.5, 0.6) is 11.5 Å². The number of nitrogens with zero attached hydrogens (tertiary/aromatic N) is 1. The summed E-state index contributed by atoms with van der Waals surface area (Å²) >= 11 is 0. The van der Waals surface area contributed by atoms with Crippen LogP contribution in [-0.2, 0) is 16.1 Å². The lowest BCUT2D eigenvalue weighted by Gasteiger charge is -2.42. The predicted octanol–water partition coefficient (Wildman–Crippen LogP) is -2.07. The van der Waals surface area contributed by atoms with Gasteiger partial charge in [0, 0.05) is 19.6 Å². The van der Waals surface area contributed by atoms with Crippen molar-refractivity contribution in [2.45, 2.75) is 31.3 Å². The fourth-order valence-corrected chi connectivity index (χ4v) is 3.13. The molecule has 0 unspecified atom stereocenters. The maximum atomic E-state index is 12.0. The second-order valence-corrected chi connectivity index (χ2v) is 7.63. The van der Waals surface area contributed by atoms with Gasteiger partial charge in [-0.15, -0.1) is 0 Å². The van der Waals surface area contributed by atoms with Crippen molar-refractivity contribution in [3.8, 4) is 11.5 Å². The number of nitrogens with two attached hydrogens (primary N) is 1. The van der Waals surface area contributed by atoms with Gasteiger partial charge in [0.25, 0.3) is 5.91 Å². The molecule has 1 amide bonds. The number of hydroxylamine groups is 1. The van der Waals surface area contributed by atoms with E-state index in [1.165, 1.54) is 19.1 Å². The Kier molecular flexibility index (Phi) is 8.62. The minimum absolute atomic E-state index is 0.00592. The van der Waals surface area contributed by atoms with Gasteiger partial charge < -0.3 is 35.8 Å². The van der Waals surface area contributed by atoms with Crippen molar-refractivity contribution in [1.29, 1.82) is 0 Å². The van der Waals surface area contributed by atoms with Crippen molar-refractivity contribution in [3.63, 3.8) is 0 Å². The van der Waals surface area contributed by atoms with Gasteiger partial charge >= 0.3 is 13.1 Å². The third-order valence-electron chi connectivity index (χ3n) is 4.76. The molecule has 0 aliphatic carbocycles. The molecule has 1 heterocycles. The number of nitrogens with one attached hydrogen (secondary N) is 1. The molecule has 1 fully saturated rings. The molecular formula is C18H28BN3O9. The number of carbonyl (C=O) groups excluding carboxylic acids is 1. The van der Waals surface area contributed by atoms with Crippen LogP contribution in [0.2, 0.25) is 6.32 Å². The number of amides is 1. The maximum absolute atomic E-state index is 12.0. The predicted molar refractivity (Wildman–Crippen MR) is 108 cm³/mol. The topological polar surface area (TPSA) is 195 Å². The summed E-state index contributed by atoms with van der Waals surface area (Å²) in [5.41, 5.74) is 6.80. The minimum Gasteiger partial charge on any atom is -0.507 e. The summed E-state index contributed by atoms with van der Waals surface area (Å²) in [6.07, 6.45) is -0.339. The van der Waals surface area contributed by atoms with Gasteiger partial charge in [0.2, 0.25) is 0 Å². The highest BCUT2D eigenvalue weighted by molar-refractivity contribution is 6.41. The number of phenols is 1. The zero-order valence-electron chi connectivity index (χ0n) is 17.2. The molecule has 2 rings (SSSR count). The number of aliphatic hydroxyl groups is 1. The van der Waals surface area contributed by atoms with Crippen molar-refractivity contribution in [1.82, 2.24) is 10.4 Å². The molecule has 1 aliphatic heterocycles. The van der Waals surface area contributed by atoms with Crippen molar-refractivity contribution in [2.75, 3.05) is 32.8 Å². The van der Waals surface area contributed by atoms with Gasteiger partial charge in [-0.1, -0.05) is 6.07 Å². The molecule has 1 aliphatic rings. The second kappa shape index (κ2) is 10.8. The molecule has 0 aromatic heterocycles. The van der Waals surface area contributed by atoms with Crippen molar-refractivity contribution in [2.24, 2.45) is 5.73 Å². The van der Waals surface area contributed by atoms with Gasteiger partial charge in [0.1, 0.15) is 28.7 Å². The van der Waals surface area contributed by atoms with E-state index >= 15 is 0 Å². The number of carboxylic acids is 1. The molecule has 0 saturated carbocycles. The fraction of sp³-hybridized carbons (Fsp3) is 0.556. The lowest BCUT2D eigenvalue weighted by Crippen LogP contribution is -2.64. The van der Waals surface area contributed by atoms with E-state index in [4.69, 9.17) is 30.5 Å². The van der Waals surface area contributed by atoms with Gasteiger partial charge in [0.15, 0.2) is 0 Å². The zero-order chi connectivity index (χ0) is 23.2. The number of likely N-dealkylation sites (tertiary alicyclic amines) is 1. The number of aryl methyl sites for hydroxylation is 1. The van der Waals surface area contributed by atoms with Crippen LogP contribution in [0.15, 0.2) is 12.1 Å². The number of rotatable bonds is 12. The molecule has 1 atom stereocenters. The average molecular weight is 441 g/mol. The first-order chi connectivity index (χ1) is 14.5. The van der Waals surface area contributed by atoms with Crippen LogP contribution in [0, 0.1) is 0 Å². The Labute approximate surface area is 179 Å². The number of aliphatic hydroxyl groups excluding tert-OH is 1. The highest BCUT2D eigenvalue weighted by Crippen LogP contribution is 2.34. The first-order valence-electron chi connectivity index (χ1n) is 9.70. The molecule has 1 aromatic carbocycles. The number of ether oxygens (including phenoxy) is 1. The molecule has 0 bridgehead atoms. The van der Waals surface area contributed by atoms with Crippen LogP contribution >= 0.6 is 0 Å². The van der Waals surface area contributed by atoms with E-state index in [0.717, 1.165) is 0 Å². The van der Waals surface area contributed by atoms with Crippen LogP contribution in [0.1, 0.15) is 22.8 Å². The molecular weight excluding hydrogens is 413 g/mol. The van der Waals surface area contributed by atoms with Crippen LogP contribution in [0.3, 0.4) is 0 Å². The smallest absolute Gasteiger partial charge is 0.451 e. The van der Waals surface area contributed by atoms with Crippen LogP contribution < -0.4 is 16.0 Å². The van der Waals surface area contributed by atoms with E-state index in [1.54, 1.807) is 0 Å². The van der Waals surface area contributed by atoms with E-state index in [-0.39, 0.29) is 49.9 Å². The number of aromatic hydroxyl groups is 1. The highest BCUT2D eigenvalue weighted by Gasteiger charge is 2.38. The molecule has 31 heavy (non-hydrogen) atoms. The van der Waals surface area contributed by atoms with E-state index in [0.29, 0.717) is 13.1 Å². The molecule has 1 aromatic rings. The summed E-state index contributed by atoms with van der Waals surface area (Å²) in [6, 6.07) is 2.90. The van der Waals surface area contributed by atoms with Crippen LogP contribution in [0.4, 0.5) is 0 Å². The SMILES string of the molecule is C[C@@](N)(CN1CC(Oc2ccc(CCB(O)O)c(O)c2C(=O)O)C1)C(=O)NOCCO. The third-order valence-corrected chi connectivity index (χ3v) is 4.76. The van der Waals surface area contributed by atoms with Gasteiger partial charge in [-0.2, -0.15) is 0 Å². The Morgan fingerprint density at radius 3 is 2.61 bits per heavy atom. The third kappa shape index (κ3) is 6.79. The highest BCUT2D eigenvalue weighted by atomic mass is 16.7. The molecule has 12 nitrogen and oxygen atoms in total. The molecule has 172 valence electrons. The summed E-state index contributed by atoms with van der Waals surface area (Å²) in [4.78, 5) is 30.3. The number of aromatic carboxylic acids is 1. The zero-order valence-corrected chi connectivity index (χ0v) is 17.2. The Morgan fingerprint density at radius 2 is 2.03 bits per heavy atom. The number of carboxylic acid groups (broad SMARTS) is 1. The number of hydrogen-bond donors (Lipinski definition) is 7. The monoisotopic (exact) mass is 441 g/mol. The molecule has 0 radical (unpaired) electrons. The Morgan fingerprint density at radius 1 is 1.35 bits per heavy atom. The minimum atomic E-state index is -1.57. The first-order valence-corrected chi connectivity index (χ1v) is 9.70. The van der Waals surface area contributed by atoms with Crippen molar-refractivity contribution >= 4 is 19.0 Å². The average Bonchev–Trinajstić information content (AvgIpc) is 2.65. The summed E-state index contributed by atoms with van der Waals surface area (Å²) in [5.74, 6) is -2.40. The normalized spacial score (nSPS) is 16.3. The maximum Gasteiger partial charge on any atom is 0.451 e. The molecule has 8 N–H and O–H groups in total. The number of carbonyl (C=O) groups is 2. The molecule has 0 spiro atoms. The lowest BCUT2D eigenvalue weighted by atomic mass is 9.82. The van der Waals surface area contributed by atoms with Gasteiger partial charge in [-0.25, -0.2) is 10.3 Å². The van der Waals surface area contributed by atoms with Crippen molar-refractivity contribution in [3.05, 3.63) is 23.3 Å². The lowest BCUT2D eigenvalue weighted by molar-refractivity contribution is -0.141. The van der Waals surface area contributed by atoms with Crippen LogP contribution in [-0.4, -0.2) is 93.8 Å². The Balaban J connectivity index is 1.94. The Bertz CT molecular complexity index is 785. The van der Waals surface area contributed by atoms with Crippen molar-refractivity contribution < 1.29 is 44.5 Å². The standard InChI is InChI=1S/C18H28BN3O9/c1-18(20,17(27)21-30-7-6-23)10-22-8-12(9-22)31-13-3-2-11(4-5-19(28)29)15(24)14(13)16(25)26/h2-3,12,23-24,28-29H,4-10,20H2,1H3,(H,21,27)(H,25,26)/t18-/m1/s1. The molecule has 13 heteroatoms. The number of hydrogen-bond acceptors (Lipinski definition) is 10. The van der Waals surface area contributed by atoms with E-state index < -0.39 is 35.8 Å². The first kappa shape index (κ1) is 24.9. The summed E-state index contributed by atoms with van der Waals surface area (Å²) in [5, 5.41) is 46.3. The Hall–Kier alpha value is -2.42. The summed E-state index contributed by atoms with van der Waals surface area (Å²) < 4.78 is 5.71. The summed E-state index contributed by atoms with van der Waals surface area (Å²) in [7, 11) is -1.57. The van der Waals surface area contributed by atoms with E-state index in [2.05, 4.69) is 5.48 Å². The second-order valence-electron chi connectivity index (χ2n) is 7.63. The van der Waals surface area contributed by atoms with Gasteiger partial charge in [0.05, 0.1) is 13.2 Å². The molecule has 1 saturated heterocycles.